The van der Waals surface area contributed by atoms with Crippen molar-refractivity contribution in [2.24, 2.45) is 5.92 Å². The van der Waals surface area contributed by atoms with Crippen LogP contribution >= 0.6 is 7.92 Å². The van der Waals surface area contributed by atoms with Gasteiger partial charge < -0.3 is 15.2 Å². The first-order chi connectivity index (χ1) is 13.2. The number of carbonyl (C=O) groups is 1. The molecule has 2 N–H and O–H groups in total. The van der Waals surface area contributed by atoms with Crippen LogP contribution in [-0.4, -0.2) is 43.5 Å². The number of hydrogen-bond donors (Lipinski definition) is 2. The van der Waals surface area contributed by atoms with Gasteiger partial charge in [-0.3, -0.25) is 0 Å². The maximum atomic E-state index is 12.3. The molecular formula is C23H32BNO3P. The molecular weight excluding hydrogens is 380 g/mol. The Hall–Kier alpha value is -1.84. The fourth-order valence-electron chi connectivity index (χ4n) is 3.03. The van der Waals surface area contributed by atoms with E-state index >= 15 is 0 Å². The zero-order valence-electron chi connectivity index (χ0n) is 18.0. The average molecular weight is 412 g/mol. The first-order valence-electron chi connectivity index (χ1n) is 9.72. The topological polar surface area (TPSA) is 58.6 Å². The molecule has 0 saturated heterocycles. The zero-order valence-corrected chi connectivity index (χ0v) is 18.9. The van der Waals surface area contributed by atoms with Crippen molar-refractivity contribution in [3.05, 3.63) is 60.7 Å². The van der Waals surface area contributed by atoms with Crippen LogP contribution in [0.2, 0.25) is 0 Å². The van der Waals surface area contributed by atoms with Gasteiger partial charge in [0, 0.05) is 14.6 Å². The SMILES string of the molecule is CC(C)[C@H](NC(=O)OC(C)(C)C)[C@H](O)CP(c1ccccc1)c1ccccc1.[B]. The second-order valence-corrected chi connectivity index (χ2v) is 10.5. The first kappa shape index (κ1) is 25.2. The van der Waals surface area contributed by atoms with Crippen molar-refractivity contribution in [3.63, 3.8) is 0 Å². The Morgan fingerprint density at radius 2 is 1.45 bits per heavy atom. The smallest absolute Gasteiger partial charge is 0.407 e. The van der Waals surface area contributed by atoms with Crippen molar-refractivity contribution < 1.29 is 14.6 Å². The number of carbonyl (C=O) groups excluding carboxylic acids is 1. The summed E-state index contributed by atoms with van der Waals surface area (Å²) in [5.41, 5.74) is -0.572. The molecule has 0 heterocycles. The minimum atomic E-state index is -0.741. The summed E-state index contributed by atoms with van der Waals surface area (Å²) in [6.45, 7) is 9.49. The van der Waals surface area contributed by atoms with Gasteiger partial charge in [-0.1, -0.05) is 74.5 Å². The Morgan fingerprint density at radius 1 is 1.00 bits per heavy atom. The number of benzene rings is 2. The summed E-state index contributed by atoms with van der Waals surface area (Å²) in [5.74, 6) is 0.0749. The molecule has 1 amide bonds. The van der Waals surface area contributed by atoms with Crippen LogP contribution < -0.4 is 15.9 Å². The van der Waals surface area contributed by atoms with E-state index in [2.05, 4.69) is 29.6 Å². The van der Waals surface area contributed by atoms with Crippen LogP contribution in [0.15, 0.2) is 60.7 Å². The predicted octanol–water partition coefficient (Wildman–Crippen LogP) is 3.65. The molecule has 0 unspecified atom stereocenters. The summed E-state index contributed by atoms with van der Waals surface area (Å²) in [4.78, 5) is 12.3. The number of ether oxygens (including phenoxy) is 1. The summed E-state index contributed by atoms with van der Waals surface area (Å²) in [5, 5.41) is 16.4. The minimum absolute atomic E-state index is 0. The highest BCUT2D eigenvalue weighted by molar-refractivity contribution is 7.73. The molecule has 0 aromatic heterocycles. The number of aliphatic hydroxyl groups excluding tert-OH is 1. The van der Waals surface area contributed by atoms with E-state index in [1.807, 2.05) is 71.0 Å². The number of aliphatic hydroxyl groups is 1. The molecule has 0 saturated carbocycles. The van der Waals surface area contributed by atoms with E-state index in [0.29, 0.717) is 6.16 Å². The largest absolute Gasteiger partial charge is 0.444 e. The molecule has 2 aromatic carbocycles. The van der Waals surface area contributed by atoms with E-state index in [9.17, 15) is 9.90 Å². The van der Waals surface area contributed by atoms with E-state index in [0.717, 1.165) is 0 Å². The molecule has 0 spiro atoms. The molecule has 3 radical (unpaired) electrons. The standard InChI is InChI=1S/C23H32NO3P.B/c1-17(2)21(24-22(26)27-23(3,4)5)20(25)16-28(18-12-8-6-9-13-18)19-14-10-7-11-15-19;/h6-15,17,20-21,25H,16H2,1-5H3,(H,24,26);/t20-,21+;/m1./s1. The van der Waals surface area contributed by atoms with Gasteiger partial charge in [0.25, 0.3) is 0 Å². The Kier molecular flexibility index (Phi) is 9.89. The van der Waals surface area contributed by atoms with E-state index in [4.69, 9.17) is 4.74 Å². The number of rotatable bonds is 7. The summed E-state index contributed by atoms with van der Waals surface area (Å²) in [7, 11) is -0.741. The van der Waals surface area contributed by atoms with Crippen LogP contribution in [0.1, 0.15) is 34.6 Å². The number of alkyl carbamates (subject to hydrolysis) is 1. The number of hydrogen-bond acceptors (Lipinski definition) is 3. The molecule has 4 nitrogen and oxygen atoms in total. The van der Waals surface area contributed by atoms with E-state index in [-0.39, 0.29) is 20.4 Å². The van der Waals surface area contributed by atoms with Crippen molar-refractivity contribution >= 4 is 33.0 Å². The van der Waals surface area contributed by atoms with Crippen LogP contribution in [0, 0.1) is 5.92 Å². The van der Waals surface area contributed by atoms with Gasteiger partial charge >= 0.3 is 6.09 Å². The molecule has 2 aromatic rings. The lowest BCUT2D eigenvalue weighted by Crippen LogP contribution is -2.49. The van der Waals surface area contributed by atoms with Gasteiger partial charge in [0.1, 0.15) is 5.60 Å². The fourth-order valence-corrected chi connectivity index (χ4v) is 5.41. The molecule has 2 rings (SSSR count). The quantitative estimate of drug-likeness (QED) is 0.539. The van der Waals surface area contributed by atoms with Crippen molar-refractivity contribution in [1.82, 2.24) is 5.32 Å². The third-order valence-electron chi connectivity index (χ3n) is 4.32. The van der Waals surface area contributed by atoms with Gasteiger partial charge in [-0.15, -0.1) is 0 Å². The molecule has 29 heavy (non-hydrogen) atoms. The van der Waals surface area contributed by atoms with Crippen LogP contribution in [0.4, 0.5) is 4.79 Å². The second kappa shape index (κ2) is 11.4. The maximum Gasteiger partial charge on any atom is 0.407 e. The summed E-state index contributed by atoms with van der Waals surface area (Å²) in [6.07, 6.45) is -0.602. The first-order valence-corrected chi connectivity index (χ1v) is 11.3. The maximum absolute atomic E-state index is 12.3. The zero-order chi connectivity index (χ0) is 20.7. The monoisotopic (exact) mass is 412 g/mol. The highest BCUT2D eigenvalue weighted by atomic mass is 31.1. The van der Waals surface area contributed by atoms with Gasteiger partial charge in [0.2, 0.25) is 0 Å². The molecule has 0 fully saturated rings. The van der Waals surface area contributed by atoms with Gasteiger partial charge in [-0.2, -0.15) is 0 Å². The Labute approximate surface area is 178 Å². The lowest BCUT2D eigenvalue weighted by atomic mass is 10.00. The van der Waals surface area contributed by atoms with Gasteiger partial charge in [-0.25, -0.2) is 4.79 Å². The predicted molar refractivity (Wildman–Crippen MR) is 124 cm³/mol. The van der Waals surface area contributed by atoms with Crippen LogP contribution in [0.5, 0.6) is 0 Å². The lowest BCUT2D eigenvalue weighted by molar-refractivity contribution is 0.0402. The van der Waals surface area contributed by atoms with E-state index < -0.39 is 25.7 Å². The van der Waals surface area contributed by atoms with Crippen molar-refractivity contribution in [2.75, 3.05) is 6.16 Å². The van der Waals surface area contributed by atoms with Gasteiger partial charge in [-0.05, 0) is 45.2 Å². The Balaban J connectivity index is 0.00000420. The highest BCUT2D eigenvalue weighted by Crippen LogP contribution is 2.35. The van der Waals surface area contributed by atoms with Crippen LogP contribution in [0.3, 0.4) is 0 Å². The third kappa shape index (κ3) is 8.20. The van der Waals surface area contributed by atoms with Crippen LogP contribution in [0.25, 0.3) is 0 Å². The fraction of sp³-hybridized carbons (Fsp3) is 0.435. The molecule has 0 bridgehead atoms. The van der Waals surface area contributed by atoms with Gasteiger partial charge in [0.05, 0.1) is 12.1 Å². The van der Waals surface area contributed by atoms with Crippen molar-refractivity contribution in [2.45, 2.75) is 52.4 Å². The lowest BCUT2D eigenvalue weighted by Gasteiger charge is -2.31. The van der Waals surface area contributed by atoms with Crippen molar-refractivity contribution in [1.29, 1.82) is 0 Å². The Bertz CT molecular complexity index is 695. The Morgan fingerprint density at radius 3 is 1.83 bits per heavy atom. The van der Waals surface area contributed by atoms with Gasteiger partial charge in [0.15, 0.2) is 0 Å². The molecule has 155 valence electrons. The molecule has 2 atom stereocenters. The summed E-state index contributed by atoms with van der Waals surface area (Å²) in [6, 6.07) is 20.2. The molecule has 0 aliphatic rings. The number of nitrogens with one attached hydrogen (secondary N) is 1. The third-order valence-corrected chi connectivity index (χ3v) is 6.90. The van der Waals surface area contributed by atoms with E-state index in [1.54, 1.807) is 0 Å². The molecule has 6 heteroatoms. The second-order valence-electron chi connectivity index (χ2n) is 8.27. The summed E-state index contributed by atoms with van der Waals surface area (Å²) < 4.78 is 5.39. The average Bonchev–Trinajstić information content (AvgIpc) is 2.63. The molecule has 0 aliphatic carbocycles. The number of amides is 1. The van der Waals surface area contributed by atoms with Crippen molar-refractivity contribution in [3.8, 4) is 0 Å². The summed E-state index contributed by atoms with van der Waals surface area (Å²) >= 11 is 0. The van der Waals surface area contributed by atoms with Crippen LogP contribution in [-0.2, 0) is 4.74 Å². The molecule has 0 aliphatic heterocycles. The minimum Gasteiger partial charge on any atom is -0.444 e. The highest BCUT2D eigenvalue weighted by Gasteiger charge is 2.29. The van der Waals surface area contributed by atoms with E-state index in [1.165, 1.54) is 10.6 Å². The normalized spacial score (nSPS) is 13.5.